The lowest BCUT2D eigenvalue weighted by molar-refractivity contribution is -0.384. The zero-order valence-corrected chi connectivity index (χ0v) is 12.0. The molecule has 0 radical (unpaired) electrons. The maximum atomic E-state index is 10.8. The molecule has 0 fully saturated rings. The Morgan fingerprint density at radius 2 is 2.10 bits per heavy atom. The number of ether oxygens (including phenoxy) is 1. The van der Waals surface area contributed by atoms with Gasteiger partial charge in [0, 0.05) is 23.9 Å². The summed E-state index contributed by atoms with van der Waals surface area (Å²) in [5.74, 6) is 0.891. The molecule has 0 saturated heterocycles. The van der Waals surface area contributed by atoms with Crippen molar-refractivity contribution < 1.29 is 9.66 Å². The number of rotatable bonds is 5. The van der Waals surface area contributed by atoms with Gasteiger partial charge in [0.25, 0.3) is 5.69 Å². The van der Waals surface area contributed by atoms with Gasteiger partial charge in [-0.05, 0) is 19.4 Å². The summed E-state index contributed by atoms with van der Waals surface area (Å²) < 4.78 is 5.09. The number of non-ortho nitro benzene ring substituents is 1. The second-order valence-corrected chi connectivity index (χ2v) is 4.59. The normalized spacial score (nSPS) is 11.8. The first kappa shape index (κ1) is 14.7. The number of aromatic nitrogens is 2. The fourth-order valence-electron chi connectivity index (χ4n) is 1.89. The number of nitrogens with zero attached hydrogens (tertiary/aromatic N) is 3. The van der Waals surface area contributed by atoms with E-state index in [1.807, 2.05) is 19.9 Å². The number of nitro groups is 1. The first-order valence-corrected chi connectivity index (χ1v) is 6.40. The molecule has 1 aromatic carbocycles. The molecule has 0 aliphatic rings. The van der Waals surface area contributed by atoms with E-state index in [-0.39, 0.29) is 11.7 Å². The summed E-state index contributed by atoms with van der Waals surface area (Å²) in [5, 5.41) is 13.9. The molecule has 110 valence electrons. The molecule has 0 bridgehead atoms. The predicted molar refractivity (Wildman–Crippen MR) is 78.5 cm³/mol. The lowest BCUT2D eigenvalue weighted by atomic mass is 10.1. The summed E-state index contributed by atoms with van der Waals surface area (Å²) in [7, 11) is 1.54. The molecule has 0 saturated carbocycles. The van der Waals surface area contributed by atoms with Gasteiger partial charge in [0.05, 0.1) is 18.1 Å². The Labute approximate surface area is 122 Å². The van der Waals surface area contributed by atoms with E-state index in [1.54, 1.807) is 12.1 Å². The van der Waals surface area contributed by atoms with Crippen molar-refractivity contribution in [3.63, 3.8) is 0 Å². The molecule has 1 N–H and O–H groups in total. The van der Waals surface area contributed by atoms with Gasteiger partial charge in [0.2, 0.25) is 11.8 Å². The highest BCUT2D eigenvalue weighted by Gasteiger charge is 2.12. The molecule has 7 nitrogen and oxygen atoms in total. The minimum Gasteiger partial charge on any atom is -0.481 e. The molecule has 2 aromatic rings. The van der Waals surface area contributed by atoms with Crippen molar-refractivity contribution in [3.8, 4) is 5.88 Å². The van der Waals surface area contributed by atoms with E-state index in [2.05, 4.69) is 15.3 Å². The van der Waals surface area contributed by atoms with Crippen LogP contribution in [0.4, 0.5) is 11.6 Å². The van der Waals surface area contributed by atoms with Crippen LogP contribution in [0.25, 0.3) is 0 Å². The summed E-state index contributed by atoms with van der Waals surface area (Å²) in [6, 6.07) is 8.02. The largest absolute Gasteiger partial charge is 0.481 e. The maximum Gasteiger partial charge on any atom is 0.269 e. The highest BCUT2D eigenvalue weighted by Crippen LogP contribution is 2.22. The zero-order chi connectivity index (χ0) is 15.4. The van der Waals surface area contributed by atoms with Crippen LogP contribution in [-0.4, -0.2) is 22.0 Å². The average molecular weight is 288 g/mol. The van der Waals surface area contributed by atoms with Crippen LogP contribution >= 0.6 is 0 Å². The van der Waals surface area contributed by atoms with Crippen molar-refractivity contribution in [3.05, 3.63) is 51.7 Å². The summed E-state index contributed by atoms with van der Waals surface area (Å²) in [6.45, 7) is 3.73. The van der Waals surface area contributed by atoms with E-state index >= 15 is 0 Å². The van der Waals surface area contributed by atoms with Crippen molar-refractivity contribution in [2.75, 3.05) is 12.4 Å². The second kappa shape index (κ2) is 6.17. The van der Waals surface area contributed by atoms with Gasteiger partial charge in [0.15, 0.2) is 0 Å². The molecular weight excluding hydrogens is 272 g/mol. The van der Waals surface area contributed by atoms with Gasteiger partial charge in [-0.1, -0.05) is 12.1 Å². The van der Waals surface area contributed by atoms with Crippen molar-refractivity contribution >= 4 is 11.6 Å². The van der Waals surface area contributed by atoms with Crippen LogP contribution in [0, 0.1) is 17.0 Å². The first-order valence-electron chi connectivity index (χ1n) is 6.40. The number of hydrogen-bond acceptors (Lipinski definition) is 6. The number of anilines is 1. The standard InChI is InChI=1S/C14H16N4O3/c1-9-7-13(21-3)17-14(15-9)16-10(2)11-5-4-6-12(8-11)18(19)20/h4-8,10H,1-3H3,(H,15,16,17). The molecule has 7 heteroatoms. The van der Waals surface area contributed by atoms with Crippen LogP contribution in [0.2, 0.25) is 0 Å². The van der Waals surface area contributed by atoms with E-state index in [0.717, 1.165) is 11.3 Å². The molecule has 1 heterocycles. The van der Waals surface area contributed by atoms with Crippen LogP contribution < -0.4 is 10.1 Å². The number of nitro benzene ring substituents is 1. The second-order valence-electron chi connectivity index (χ2n) is 4.59. The summed E-state index contributed by atoms with van der Waals surface area (Å²) in [5.41, 5.74) is 1.62. The van der Waals surface area contributed by atoms with Crippen molar-refractivity contribution in [1.82, 2.24) is 9.97 Å². The van der Waals surface area contributed by atoms with Crippen LogP contribution in [0.1, 0.15) is 24.2 Å². The molecule has 1 atom stereocenters. The highest BCUT2D eigenvalue weighted by molar-refractivity contribution is 5.40. The van der Waals surface area contributed by atoms with E-state index < -0.39 is 4.92 Å². The van der Waals surface area contributed by atoms with Gasteiger partial charge < -0.3 is 10.1 Å². The van der Waals surface area contributed by atoms with E-state index in [1.165, 1.54) is 19.2 Å². The number of benzene rings is 1. The Hall–Kier alpha value is -2.70. The van der Waals surface area contributed by atoms with Crippen LogP contribution in [0.3, 0.4) is 0 Å². The summed E-state index contributed by atoms with van der Waals surface area (Å²) in [4.78, 5) is 18.9. The molecule has 2 rings (SSSR count). The minimum atomic E-state index is -0.414. The average Bonchev–Trinajstić information content (AvgIpc) is 2.46. The van der Waals surface area contributed by atoms with E-state index in [9.17, 15) is 10.1 Å². The Balaban J connectivity index is 2.21. The molecule has 0 spiro atoms. The summed E-state index contributed by atoms with van der Waals surface area (Å²) >= 11 is 0. The molecule has 1 aromatic heterocycles. The predicted octanol–water partition coefficient (Wildman–Crippen LogP) is 2.87. The fourth-order valence-corrected chi connectivity index (χ4v) is 1.89. The van der Waals surface area contributed by atoms with Gasteiger partial charge in [-0.15, -0.1) is 0 Å². The molecular formula is C14H16N4O3. The third-order valence-electron chi connectivity index (χ3n) is 2.97. The van der Waals surface area contributed by atoms with Crippen molar-refractivity contribution in [2.24, 2.45) is 0 Å². The van der Waals surface area contributed by atoms with Crippen molar-refractivity contribution in [2.45, 2.75) is 19.9 Å². The number of nitrogens with one attached hydrogen (secondary N) is 1. The first-order chi connectivity index (χ1) is 9.99. The molecule has 0 aliphatic carbocycles. The summed E-state index contributed by atoms with van der Waals surface area (Å²) in [6.07, 6.45) is 0. The SMILES string of the molecule is COc1cc(C)nc(NC(C)c2cccc([N+](=O)[O-])c2)n1. The topological polar surface area (TPSA) is 90.2 Å². The molecule has 1 unspecified atom stereocenters. The number of hydrogen-bond donors (Lipinski definition) is 1. The fraction of sp³-hybridized carbons (Fsp3) is 0.286. The molecule has 0 aliphatic heterocycles. The van der Waals surface area contributed by atoms with Gasteiger partial charge in [-0.25, -0.2) is 4.98 Å². The van der Waals surface area contributed by atoms with Crippen LogP contribution in [0.5, 0.6) is 5.88 Å². The number of aryl methyl sites for hydroxylation is 1. The Morgan fingerprint density at radius 3 is 2.76 bits per heavy atom. The molecule has 0 amide bonds. The quantitative estimate of drug-likeness (QED) is 0.672. The van der Waals surface area contributed by atoms with E-state index in [0.29, 0.717) is 11.8 Å². The monoisotopic (exact) mass is 288 g/mol. The zero-order valence-electron chi connectivity index (χ0n) is 12.0. The third-order valence-corrected chi connectivity index (χ3v) is 2.97. The van der Waals surface area contributed by atoms with Crippen molar-refractivity contribution in [1.29, 1.82) is 0 Å². The molecule has 21 heavy (non-hydrogen) atoms. The van der Waals surface area contributed by atoms with Gasteiger partial charge in [-0.3, -0.25) is 10.1 Å². The highest BCUT2D eigenvalue weighted by atomic mass is 16.6. The smallest absolute Gasteiger partial charge is 0.269 e. The Kier molecular flexibility index (Phi) is 4.32. The lowest BCUT2D eigenvalue weighted by Gasteiger charge is -2.14. The van der Waals surface area contributed by atoms with Crippen LogP contribution in [0.15, 0.2) is 30.3 Å². The maximum absolute atomic E-state index is 10.8. The lowest BCUT2D eigenvalue weighted by Crippen LogP contribution is -2.10. The Bertz CT molecular complexity index is 660. The number of methoxy groups -OCH3 is 1. The third kappa shape index (κ3) is 3.65. The van der Waals surface area contributed by atoms with Gasteiger partial charge in [0.1, 0.15) is 0 Å². The Morgan fingerprint density at radius 1 is 1.33 bits per heavy atom. The van der Waals surface area contributed by atoms with Crippen LogP contribution in [-0.2, 0) is 0 Å². The van der Waals surface area contributed by atoms with Gasteiger partial charge >= 0.3 is 0 Å². The van der Waals surface area contributed by atoms with E-state index in [4.69, 9.17) is 4.74 Å². The van der Waals surface area contributed by atoms with Gasteiger partial charge in [-0.2, -0.15) is 4.98 Å². The minimum absolute atomic E-state index is 0.0592.